The second-order valence-corrected chi connectivity index (χ2v) is 7.72. The van der Waals surface area contributed by atoms with E-state index in [1.165, 1.54) is 0 Å². The molecule has 30 heavy (non-hydrogen) atoms. The largest absolute Gasteiger partial charge is 0.334 e. The summed E-state index contributed by atoms with van der Waals surface area (Å²) >= 11 is 0. The smallest absolute Gasteiger partial charge is 0.319 e. The van der Waals surface area contributed by atoms with E-state index < -0.39 is 0 Å². The van der Waals surface area contributed by atoms with Crippen molar-refractivity contribution >= 4 is 23.3 Å². The summed E-state index contributed by atoms with van der Waals surface area (Å²) in [6, 6.07) is 21.1. The van der Waals surface area contributed by atoms with Crippen LogP contribution in [0.4, 0.5) is 16.2 Å². The molecule has 1 heterocycles. The summed E-state index contributed by atoms with van der Waals surface area (Å²) in [6.07, 6.45) is 0.842. The molecule has 0 spiro atoms. The zero-order valence-electron chi connectivity index (χ0n) is 17.2. The molecule has 152 valence electrons. The normalized spacial score (nSPS) is 12.4. The fourth-order valence-electron chi connectivity index (χ4n) is 3.89. The monoisotopic (exact) mass is 399 g/mol. The van der Waals surface area contributed by atoms with Gasteiger partial charge in [0.15, 0.2) is 0 Å². The van der Waals surface area contributed by atoms with Crippen molar-refractivity contribution in [2.45, 2.75) is 26.8 Å². The highest BCUT2D eigenvalue weighted by molar-refractivity contribution is 6.07. The Hall–Kier alpha value is -3.60. The molecule has 0 saturated carbocycles. The third kappa shape index (κ3) is 4.35. The first-order chi connectivity index (χ1) is 14.5. The third-order valence-corrected chi connectivity index (χ3v) is 5.24. The molecule has 4 rings (SSSR count). The van der Waals surface area contributed by atoms with Gasteiger partial charge in [-0.25, -0.2) is 4.79 Å². The van der Waals surface area contributed by atoms with Crippen molar-refractivity contribution in [1.29, 1.82) is 0 Å². The van der Waals surface area contributed by atoms with Gasteiger partial charge in [0, 0.05) is 30.0 Å². The average Bonchev–Trinajstić information content (AvgIpc) is 3.15. The van der Waals surface area contributed by atoms with E-state index in [9.17, 15) is 9.59 Å². The van der Waals surface area contributed by atoms with E-state index in [-0.39, 0.29) is 11.9 Å². The molecule has 0 saturated heterocycles. The lowest BCUT2D eigenvalue weighted by molar-refractivity contribution is 0.0989. The molecule has 5 nitrogen and oxygen atoms in total. The highest BCUT2D eigenvalue weighted by Gasteiger charge is 2.25. The quantitative estimate of drug-likeness (QED) is 0.660. The molecular formula is C25H25N3O2. The Kier molecular flexibility index (Phi) is 5.53. The number of anilines is 2. The predicted molar refractivity (Wildman–Crippen MR) is 120 cm³/mol. The molecule has 0 fully saturated rings. The molecule has 0 radical (unpaired) electrons. The van der Waals surface area contributed by atoms with E-state index in [1.54, 1.807) is 0 Å². The molecule has 3 amide bonds. The van der Waals surface area contributed by atoms with Crippen molar-refractivity contribution in [1.82, 2.24) is 5.32 Å². The Morgan fingerprint density at radius 3 is 2.40 bits per heavy atom. The predicted octanol–water partition coefficient (Wildman–Crippen LogP) is 4.83. The maximum Gasteiger partial charge on any atom is 0.319 e. The molecule has 5 heteroatoms. The maximum absolute atomic E-state index is 12.9. The number of carbonyl (C=O) groups excluding carboxylic acids is 2. The highest BCUT2D eigenvalue weighted by Crippen LogP contribution is 2.30. The van der Waals surface area contributed by atoms with E-state index in [1.807, 2.05) is 79.4 Å². The van der Waals surface area contributed by atoms with Crippen LogP contribution in [0.5, 0.6) is 0 Å². The van der Waals surface area contributed by atoms with Gasteiger partial charge in [0.05, 0.1) is 0 Å². The van der Waals surface area contributed by atoms with Crippen molar-refractivity contribution in [3.05, 3.63) is 94.5 Å². The number of urea groups is 1. The van der Waals surface area contributed by atoms with E-state index in [2.05, 4.69) is 16.7 Å². The van der Waals surface area contributed by atoms with Gasteiger partial charge < -0.3 is 15.5 Å². The van der Waals surface area contributed by atoms with Crippen LogP contribution in [-0.2, 0) is 13.0 Å². The van der Waals surface area contributed by atoms with Gasteiger partial charge in [-0.05, 0) is 72.9 Å². The van der Waals surface area contributed by atoms with Crippen molar-refractivity contribution in [3.8, 4) is 0 Å². The summed E-state index contributed by atoms with van der Waals surface area (Å²) in [6.45, 7) is 5.07. The molecule has 3 aromatic carbocycles. The lowest BCUT2D eigenvalue weighted by Gasteiger charge is -2.18. The summed E-state index contributed by atoms with van der Waals surface area (Å²) in [7, 11) is 0. The number of rotatable bonds is 4. The third-order valence-electron chi connectivity index (χ3n) is 5.24. The number of fused-ring (bicyclic) bond motifs is 1. The van der Waals surface area contributed by atoms with Gasteiger partial charge in [-0.15, -0.1) is 0 Å². The second kappa shape index (κ2) is 8.41. The fraction of sp³-hybridized carbons (Fsp3) is 0.200. The summed E-state index contributed by atoms with van der Waals surface area (Å²) in [4.78, 5) is 27.0. The van der Waals surface area contributed by atoms with Crippen LogP contribution in [0.3, 0.4) is 0 Å². The summed E-state index contributed by atoms with van der Waals surface area (Å²) in [5.41, 5.74) is 6.71. The number of nitrogens with zero attached hydrogens (tertiary/aromatic N) is 1. The van der Waals surface area contributed by atoms with Gasteiger partial charge in [0.25, 0.3) is 5.91 Å². The SMILES string of the molecule is Cc1cc(C)cc(NC(=O)NCc2ccc3c(c2)N(C(=O)c2ccccc2)CC3)c1. The standard InChI is InChI=1S/C25H25N3O2/c1-17-12-18(2)14-22(13-17)27-25(30)26-16-19-8-9-20-10-11-28(23(20)15-19)24(29)21-6-4-3-5-7-21/h3-9,12-15H,10-11,16H2,1-2H3,(H2,26,27,30). The van der Waals surface area contributed by atoms with E-state index in [4.69, 9.17) is 0 Å². The van der Waals surface area contributed by atoms with Crippen LogP contribution in [0.2, 0.25) is 0 Å². The minimum absolute atomic E-state index is 0.00650. The number of aryl methyl sites for hydroxylation is 2. The van der Waals surface area contributed by atoms with Crippen LogP contribution in [0.25, 0.3) is 0 Å². The number of carbonyl (C=O) groups is 2. The Morgan fingerprint density at radius 2 is 1.67 bits per heavy atom. The van der Waals surface area contributed by atoms with E-state index >= 15 is 0 Å². The molecule has 0 aliphatic carbocycles. The van der Waals surface area contributed by atoms with Crippen molar-refractivity contribution < 1.29 is 9.59 Å². The molecule has 0 atom stereocenters. The molecule has 2 N–H and O–H groups in total. The van der Waals surface area contributed by atoms with Crippen LogP contribution in [0.1, 0.15) is 32.6 Å². The molecule has 0 unspecified atom stereocenters. The number of hydrogen-bond donors (Lipinski definition) is 2. The first-order valence-corrected chi connectivity index (χ1v) is 10.1. The maximum atomic E-state index is 12.9. The van der Waals surface area contributed by atoms with Crippen molar-refractivity contribution in [2.75, 3.05) is 16.8 Å². The number of hydrogen-bond acceptors (Lipinski definition) is 2. The zero-order chi connectivity index (χ0) is 21.1. The second-order valence-electron chi connectivity index (χ2n) is 7.72. The topological polar surface area (TPSA) is 61.4 Å². The fourth-order valence-corrected chi connectivity index (χ4v) is 3.89. The van der Waals surface area contributed by atoms with Crippen molar-refractivity contribution in [2.24, 2.45) is 0 Å². The van der Waals surface area contributed by atoms with Gasteiger partial charge in [0.1, 0.15) is 0 Å². The Labute approximate surface area is 176 Å². The Bertz CT molecular complexity index is 1070. The lowest BCUT2D eigenvalue weighted by atomic mass is 10.1. The molecule has 1 aliphatic heterocycles. The molecule has 3 aromatic rings. The van der Waals surface area contributed by atoms with Crippen LogP contribution in [0, 0.1) is 13.8 Å². The van der Waals surface area contributed by atoms with Crippen LogP contribution in [-0.4, -0.2) is 18.5 Å². The molecule has 0 bridgehead atoms. The summed E-state index contributed by atoms with van der Waals surface area (Å²) < 4.78 is 0. The Morgan fingerprint density at radius 1 is 0.933 bits per heavy atom. The number of benzene rings is 3. The van der Waals surface area contributed by atoms with Crippen molar-refractivity contribution in [3.63, 3.8) is 0 Å². The van der Waals surface area contributed by atoms with Crippen LogP contribution >= 0.6 is 0 Å². The summed E-state index contributed by atoms with van der Waals surface area (Å²) in [5.74, 6) is 0.00650. The summed E-state index contributed by atoms with van der Waals surface area (Å²) in [5, 5.41) is 5.78. The van der Waals surface area contributed by atoms with Gasteiger partial charge >= 0.3 is 6.03 Å². The van der Waals surface area contributed by atoms with Gasteiger partial charge in [-0.2, -0.15) is 0 Å². The van der Waals surface area contributed by atoms with Gasteiger partial charge in [-0.1, -0.05) is 36.4 Å². The number of nitrogens with one attached hydrogen (secondary N) is 2. The van der Waals surface area contributed by atoms with Crippen LogP contribution in [0.15, 0.2) is 66.7 Å². The number of amides is 3. The minimum atomic E-state index is -0.252. The first kappa shape index (κ1) is 19.7. The first-order valence-electron chi connectivity index (χ1n) is 10.1. The minimum Gasteiger partial charge on any atom is -0.334 e. The average molecular weight is 399 g/mol. The van der Waals surface area contributed by atoms with Gasteiger partial charge in [-0.3, -0.25) is 4.79 Å². The lowest BCUT2D eigenvalue weighted by Crippen LogP contribution is -2.29. The van der Waals surface area contributed by atoms with Crippen LogP contribution < -0.4 is 15.5 Å². The molecule has 1 aliphatic rings. The Balaban J connectivity index is 1.43. The zero-order valence-corrected chi connectivity index (χ0v) is 17.2. The van der Waals surface area contributed by atoms with E-state index in [0.29, 0.717) is 18.7 Å². The van der Waals surface area contributed by atoms with Gasteiger partial charge in [0.2, 0.25) is 0 Å². The van der Waals surface area contributed by atoms with E-state index in [0.717, 1.165) is 40.0 Å². The highest BCUT2D eigenvalue weighted by atomic mass is 16.2. The molecular weight excluding hydrogens is 374 g/mol. The molecule has 0 aromatic heterocycles.